The molecule has 5 heteroatoms. The van der Waals surface area contributed by atoms with Crippen LogP contribution >= 0.6 is 0 Å². The third-order valence-corrected chi connectivity index (χ3v) is 1.45. The summed E-state index contributed by atoms with van der Waals surface area (Å²) in [5.74, 6) is -0.988. The third-order valence-electron chi connectivity index (χ3n) is 1.45. The number of aromatic nitrogens is 2. The summed E-state index contributed by atoms with van der Waals surface area (Å²) in [6, 6.07) is 1.89. The lowest BCUT2D eigenvalue weighted by Crippen LogP contribution is -2.01. The van der Waals surface area contributed by atoms with E-state index in [9.17, 15) is 4.79 Å². The second-order valence-corrected chi connectivity index (χ2v) is 2.35. The first kappa shape index (κ1) is 8.27. The van der Waals surface area contributed by atoms with Crippen molar-refractivity contribution >= 4 is 5.97 Å². The maximum absolute atomic E-state index is 10.3. The summed E-state index contributed by atoms with van der Waals surface area (Å²) in [4.78, 5) is 10.3. The molecule has 1 rings (SSSR count). The molecule has 0 aliphatic rings. The molecule has 1 aromatic rings. The minimum Gasteiger partial charge on any atom is -0.481 e. The number of hydrogen-bond donors (Lipinski definition) is 2. The number of nitrogens with one attached hydrogen (secondary N) is 1. The normalized spacial score (nSPS) is 9.33. The standard InChI is InChI=1S/C7H7N3O2/c1-4-5(3-8)6(10-9-4)2-7(11)12/h2H2,1H3,(H,9,10)(H,11,12). The summed E-state index contributed by atoms with van der Waals surface area (Å²) >= 11 is 0. The predicted molar refractivity (Wildman–Crippen MR) is 39.4 cm³/mol. The first-order valence-corrected chi connectivity index (χ1v) is 3.31. The molecular formula is C7H7N3O2. The zero-order chi connectivity index (χ0) is 9.14. The molecule has 0 amide bonds. The van der Waals surface area contributed by atoms with Crippen molar-refractivity contribution in [2.45, 2.75) is 13.3 Å². The molecule has 2 N–H and O–H groups in total. The Bertz CT molecular complexity index is 348. The molecule has 0 radical (unpaired) electrons. The molecule has 0 aromatic carbocycles. The second-order valence-electron chi connectivity index (χ2n) is 2.35. The fourth-order valence-corrected chi connectivity index (χ4v) is 0.899. The van der Waals surface area contributed by atoms with Gasteiger partial charge < -0.3 is 5.11 Å². The molecule has 0 bridgehead atoms. The maximum Gasteiger partial charge on any atom is 0.309 e. The average molecular weight is 165 g/mol. The first-order valence-electron chi connectivity index (χ1n) is 3.31. The van der Waals surface area contributed by atoms with Gasteiger partial charge in [0.1, 0.15) is 6.07 Å². The Labute approximate surface area is 68.6 Å². The lowest BCUT2D eigenvalue weighted by molar-refractivity contribution is -0.136. The zero-order valence-corrected chi connectivity index (χ0v) is 6.46. The average Bonchev–Trinajstić information content (AvgIpc) is 2.30. The Balaban J connectivity index is 3.01. The summed E-state index contributed by atoms with van der Waals surface area (Å²) < 4.78 is 0. The fraction of sp³-hybridized carbons (Fsp3) is 0.286. The van der Waals surface area contributed by atoms with Crippen LogP contribution in [0.25, 0.3) is 0 Å². The van der Waals surface area contributed by atoms with Gasteiger partial charge in [-0.3, -0.25) is 9.89 Å². The van der Waals surface area contributed by atoms with Gasteiger partial charge in [-0.1, -0.05) is 0 Å². The Morgan fingerprint density at radius 3 is 3.00 bits per heavy atom. The van der Waals surface area contributed by atoms with Crippen LogP contribution in [0.15, 0.2) is 0 Å². The van der Waals surface area contributed by atoms with Gasteiger partial charge in [-0.2, -0.15) is 10.4 Å². The summed E-state index contributed by atoms with van der Waals surface area (Å²) in [5, 5.41) is 23.3. The third kappa shape index (κ3) is 1.42. The van der Waals surface area contributed by atoms with Crippen LogP contribution in [-0.4, -0.2) is 21.3 Å². The molecule has 0 atom stereocenters. The quantitative estimate of drug-likeness (QED) is 0.655. The van der Waals surface area contributed by atoms with E-state index >= 15 is 0 Å². The van der Waals surface area contributed by atoms with E-state index in [2.05, 4.69) is 10.2 Å². The van der Waals surface area contributed by atoms with Crippen molar-refractivity contribution < 1.29 is 9.90 Å². The molecule has 62 valence electrons. The van der Waals surface area contributed by atoms with Gasteiger partial charge in [0, 0.05) is 0 Å². The molecule has 0 unspecified atom stereocenters. The highest BCUT2D eigenvalue weighted by Gasteiger charge is 2.11. The van der Waals surface area contributed by atoms with E-state index in [4.69, 9.17) is 10.4 Å². The van der Waals surface area contributed by atoms with Crippen LogP contribution in [0.4, 0.5) is 0 Å². The molecule has 1 aromatic heterocycles. The highest BCUT2D eigenvalue weighted by atomic mass is 16.4. The van der Waals surface area contributed by atoms with E-state index in [1.54, 1.807) is 6.92 Å². The Morgan fingerprint density at radius 1 is 1.83 bits per heavy atom. The van der Waals surface area contributed by atoms with Crippen LogP contribution in [0, 0.1) is 18.3 Å². The van der Waals surface area contributed by atoms with E-state index in [-0.39, 0.29) is 6.42 Å². The minimum atomic E-state index is -0.988. The number of aromatic amines is 1. The number of H-pyrrole nitrogens is 1. The zero-order valence-electron chi connectivity index (χ0n) is 6.46. The van der Waals surface area contributed by atoms with Crippen molar-refractivity contribution in [3.05, 3.63) is 17.0 Å². The van der Waals surface area contributed by atoms with E-state index < -0.39 is 5.97 Å². The Morgan fingerprint density at radius 2 is 2.50 bits per heavy atom. The predicted octanol–water partition coefficient (Wildman–Crippen LogP) is 0.217. The topological polar surface area (TPSA) is 89.8 Å². The number of nitrogens with zero attached hydrogens (tertiary/aromatic N) is 2. The molecule has 0 saturated heterocycles. The van der Waals surface area contributed by atoms with Crippen molar-refractivity contribution in [3.63, 3.8) is 0 Å². The highest BCUT2D eigenvalue weighted by molar-refractivity contribution is 5.70. The van der Waals surface area contributed by atoms with Gasteiger partial charge >= 0.3 is 5.97 Å². The Hall–Kier alpha value is -1.83. The molecule has 0 saturated carbocycles. The fourth-order valence-electron chi connectivity index (χ4n) is 0.899. The lowest BCUT2D eigenvalue weighted by Gasteiger charge is -1.89. The summed E-state index contributed by atoms with van der Waals surface area (Å²) in [6.07, 6.45) is -0.215. The summed E-state index contributed by atoms with van der Waals surface area (Å²) in [7, 11) is 0. The molecular weight excluding hydrogens is 158 g/mol. The number of carboxylic acid groups (broad SMARTS) is 1. The van der Waals surface area contributed by atoms with Crippen LogP contribution in [0.2, 0.25) is 0 Å². The van der Waals surface area contributed by atoms with E-state index in [0.29, 0.717) is 17.0 Å². The summed E-state index contributed by atoms with van der Waals surface area (Å²) in [6.45, 7) is 1.68. The molecule has 0 fully saturated rings. The highest BCUT2D eigenvalue weighted by Crippen LogP contribution is 2.08. The minimum absolute atomic E-state index is 0.215. The van der Waals surface area contributed by atoms with Crippen LogP contribution in [0.1, 0.15) is 17.0 Å². The lowest BCUT2D eigenvalue weighted by atomic mass is 10.2. The number of hydrogen-bond acceptors (Lipinski definition) is 3. The van der Waals surface area contributed by atoms with Gasteiger partial charge in [0.05, 0.1) is 23.4 Å². The van der Waals surface area contributed by atoms with Crippen LogP contribution < -0.4 is 0 Å². The molecule has 12 heavy (non-hydrogen) atoms. The van der Waals surface area contributed by atoms with E-state index in [1.165, 1.54) is 0 Å². The van der Waals surface area contributed by atoms with Crippen molar-refractivity contribution in [1.29, 1.82) is 5.26 Å². The summed E-state index contributed by atoms with van der Waals surface area (Å²) in [5.41, 5.74) is 1.23. The van der Waals surface area contributed by atoms with E-state index in [0.717, 1.165) is 0 Å². The maximum atomic E-state index is 10.3. The SMILES string of the molecule is Cc1[nH]nc(CC(=O)O)c1C#N. The number of carbonyl (C=O) groups is 1. The van der Waals surface area contributed by atoms with Gasteiger partial charge in [0.25, 0.3) is 0 Å². The number of rotatable bonds is 2. The Kier molecular flexibility index (Phi) is 2.10. The van der Waals surface area contributed by atoms with Crippen molar-refractivity contribution in [2.75, 3.05) is 0 Å². The van der Waals surface area contributed by atoms with Crippen LogP contribution in [-0.2, 0) is 11.2 Å². The number of carboxylic acids is 1. The largest absolute Gasteiger partial charge is 0.481 e. The van der Waals surface area contributed by atoms with Gasteiger partial charge in [0.15, 0.2) is 0 Å². The van der Waals surface area contributed by atoms with Crippen LogP contribution in [0.5, 0.6) is 0 Å². The van der Waals surface area contributed by atoms with E-state index in [1.807, 2.05) is 6.07 Å². The molecule has 0 aliphatic carbocycles. The monoisotopic (exact) mass is 165 g/mol. The number of aliphatic carboxylic acids is 1. The van der Waals surface area contributed by atoms with Gasteiger partial charge in [-0.25, -0.2) is 0 Å². The van der Waals surface area contributed by atoms with Crippen molar-refractivity contribution in [2.24, 2.45) is 0 Å². The molecule has 1 heterocycles. The van der Waals surface area contributed by atoms with Crippen molar-refractivity contribution in [1.82, 2.24) is 10.2 Å². The van der Waals surface area contributed by atoms with Crippen molar-refractivity contribution in [3.8, 4) is 6.07 Å². The second kappa shape index (κ2) is 3.05. The smallest absolute Gasteiger partial charge is 0.309 e. The molecule has 5 nitrogen and oxygen atoms in total. The van der Waals surface area contributed by atoms with Gasteiger partial charge in [-0.05, 0) is 6.92 Å². The number of aryl methyl sites for hydroxylation is 1. The molecule has 0 aliphatic heterocycles. The molecule has 0 spiro atoms. The van der Waals surface area contributed by atoms with Gasteiger partial charge in [-0.15, -0.1) is 0 Å². The van der Waals surface area contributed by atoms with Crippen LogP contribution in [0.3, 0.4) is 0 Å². The first-order chi connectivity index (χ1) is 5.65. The number of nitriles is 1. The van der Waals surface area contributed by atoms with Gasteiger partial charge in [0.2, 0.25) is 0 Å².